The number of para-hydroxylation sites is 2. The molecule has 0 saturated heterocycles. The fourth-order valence-electron chi connectivity index (χ4n) is 7.32. The zero-order valence-corrected chi connectivity index (χ0v) is 31.5. The Morgan fingerprint density at radius 2 is 1.00 bits per heavy atom. The summed E-state index contributed by atoms with van der Waals surface area (Å²) >= 11 is 0. The molecule has 0 spiro atoms. The van der Waals surface area contributed by atoms with Gasteiger partial charge in [-0.3, -0.25) is 14.5 Å². The van der Waals surface area contributed by atoms with Crippen LogP contribution in [0.1, 0.15) is 20.7 Å². The van der Waals surface area contributed by atoms with E-state index in [0.717, 1.165) is 50.6 Å². The smallest absolute Gasteiger partial charge is 0.261 e. The minimum Gasteiger partial charge on any atom is -0.416 e. The molecule has 0 atom stereocenters. The lowest BCUT2D eigenvalue weighted by atomic mass is 9.93. The highest BCUT2D eigenvalue weighted by atomic mass is 16.4. The Balaban J connectivity index is 0.808. The molecule has 284 valence electrons. The maximum Gasteiger partial charge on any atom is 0.261 e. The van der Waals surface area contributed by atoms with E-state index >= 15 is 0 Å². The molecule has 1 aromatic heterocycles. The van der Waals surface area contributed by atoms with Crippen LogP contribution in [0.4, 0.5) is 34.1 Å². The van der Waals surface area contributed by atoms with Crippen LogP contribution in [0.3, 0.4) is 0 Å². The number of rotatable bonds is 14. The van der Waals surface area contributed by atoms with Crippen LogP contribution in [0.15, 0.2) is 174 Å². The van der Waals surface area contributed by atoms with Gasteiger partial charge in [0.1, 0.15) is 0 Å². The van der Waals surface area contributed by atoms with Gasteiger partial charge in [-0.25, -0.2) is 0 Å². The monoisotopic (exact) mass is 761 g/mol. The third-order valence-electron chi connectivity index (χ3n) is 10.2. The second-order valence-electron chi connectivity index (χ2n) is 13.8. The normalized spacial score (nSPS) is 12.1. The fourth-order valence-corrected chi connectivity index (χ4v) is 7.32. The molecule has 58 heavy (non-hydrogen) atoms. The number of amides is 2. The van der Waals surface area contributed by atoms with E-state index in [-0.39, 0.29) is 18.4 Å². The van der Waals surface area contributed by atoms with Gasteiger partial charge in [0.05, 0.1) is 0 Å². The number of hydrogen-bond donors (Lipinski definition) is 3. The maximum absolute atomic E-state index is 13.8. The summed E-state index contributed by atoms with van der Waals surface area (Å²) in [5.41, 5.74) is 8.61. The van der Waals surface area contributed by atoms with Gasteiger partial charge in [0.15, 0.2) is 0 Å². The van der Waals surface area contributed by atoms with E-state index in [2.05, 4.69) is 67.4 Å². The zero-order chi connectivity index (χ0) is 39.3. The van der Waals surface area contributed by atoms with Gasteiger partial charge >= 0.3 is 0 Å². The SMILES string of the molecule is O=C1c2cccc3c(NCCNc4ccc(-c5nnc(-c6ccccc6)o5)cc4)ccc(c23)C(=O)N1CCNc1ccc(N(c2ccccc2)c2ccccc2)cc1. The average Bonchev–Trinajstić information content (AvgIpc) is 3.78. The number of anilines is 6. The summed E-state index contributed by atoms with van der Waals surface area (Å²) in [4.78, 5) is 31.1. The first-order valence-electron chi connectivity index (χ1n) is 19.2. The van der Waals surface area contributed by atoms with Crippen LogP contribution in [0.25, 0.3) is 33.7 Å². The molecule has 3 N–H and O–H groups in total. The lowest BCUT2D eigenvalue weighted by Gasteiger charge is -2.28. The highest BCUT2D eigenvalue weighted by Crippen LogP contribution is 2.36. The molecular weight excluding hydrogens is 723 g/mol. The third kappa shape index (κ3) is 7.34. The number of hydrogen-bond acceptors (Lipinski definition) is 9. The van der Waals surface area contributed by atoms with E-state index in [1.807, 2.05) is 127 Å². The number of nitrogens with zero attached hydrogens (tertiary/aromatic N) is 4. The van der Waals surface area contributed by atoms with Crippen molar-refractivity contribution in [2.75, 3.05) is 47.0 Å². The molecule has 0 saturated carbocycles. The summed E-state index contributed by atoms with van der Waals surface area (Å²) < 4.78 is 5.89. The van der Waals surface area contributed by atoms with Crippen LogP contribution in [0.2, 0.25) is 0 Å². The van der Waals surface area contributed by atoms with Gasteiger partial charge in [-0.1, -0.05) is 66.7 Å². The zero-order valence-electron chi connectivity index (χ0n) is 31.5. The van der Waals surface area contributed by atoms with Crippen LogP contribution >= 0.6 is 0 Å². The standard InChI is InChI=1S/C48H39N7O3/c56-47-41-18-10-17-40-43(51-30-29-49-35-21-19-34(20-22-35)46-53-52-45(58-46)33-11-4-1-5-12-33)28-27-42(44(40)41)48(57)54(47)32-31-50-36-23-25-39(26-24-36)55(37-13-6-2-7-14-37)38-15-8-3-9-16-38/h1-28,49-51H,29-32H2. The van der Waals surface area contributed by atoms with E-state index in [4.69, 9.17) is 4.42 Å². The van der Waals surface area contributed by atoms with Gasteiger partial charge in [-0.15, -0.1) is 10.2 Å². The van der Waals surface area contributed by atoms with E-state index in [1.165, 1.54) is 4.90 Å². The summed E-state index contributed by atoms with van der Waals surface area (Å²) in [5.74, 6) is 0.361. The van der Waals surface area contributed by atoms with Crippen molar-refractivity contribution in [3.63, 3.8) is 0 Å². The van der Waals surface area contributed by atoms with Crippen molar-refractivity contribution in [1.29, 1.82) is 0 Å². The first kappa shape index (κ1) is 35.9. The first-order chi connectivity index (χ1) is 28.6. The van der Waals surface area contributed by atoms with Crippen molar-refractivity contribution < 1.29 is 14.0 Å². The number of aromatic nitrogens is 2. The van der Waals surface area contributed by atoms with Crippen molar-refractivity contribution in [2.45, 2.75) is 0 Å². The molecule has 0 fully saturated rings. The van der Waals surface area contributed by atoms with Gasteiger partial charge in [0, 0.05) is 93.3 Å². The van der Waals surface area contributed by atoms with Crippen LogP contribution < -0.4 is 20.9 Å². The van der Waals surface area contributed by atoms with Crippen LogP contribution in [0.5, 0.6) is 0 Å². The minimum atomic E-state index is -0.291. The van der Waals surface area contributed by atoms with Gasteiger partial charge < -0.3 is 25.3 Å². The van der Waals surface area contributed by atoms with Gasteiger partial charge in [0.2, 0.25) is 11.8 Å². The molecule has 1 aliphatic heterocycles. The predicted molar refractivity (Wildman–Crippen MR) is 231 cm³/mol. The second kappa shape index (κ2) is 16.2. The summed E-state index contributed by atoms with van der Waals surface area (Å²) in [6.45, 7) is 1.89. The number of imide groups is 1. The Morgan fingerprint density at radius 1 is 0.483 bits per heavy atom. The number of nitrogens with one attached hydrogen (secondary N) is 3. The molecule has 7 aromatic carbocycles. The molecule has 8 aromatic rings. The number of benzene rings is 7. The lowest BCUT2D eigenvalue weighted by molar-refractivity contribution is 0.0617. The van der Waals surface area contributed by atoms with E-state index < -0.39 is 0 Å². The van der Waals surface area contributed by atoms with E-state index in [9.17, 15) is 9.59 Å². The van der Waals surface area contributed by atoms with Crippen molar-refractivity contribution in [3.8, 4) is 22.9 Å². The molecule has 10 nitrogen and oxygen atoms in total. The topological polar surface area (TPSA) is 116 Å². The Kier molecular flexibility index (Phi) is 10.0. The Bertz CT molecular complexity index is 2620. The van der Waals surface area contributed by atoms with Crippen molar-refractivity contribution in [1.82, 2.24) is 15.1 Å². The molecule has 0 aliphatic carbocycles. The largest absolute Gasteiger partial charge is 0.416 e. The second-order valence-corrected chi connectivity index (χ2v) is 13.8. The molecular formula is C48H39N7O3. The van der Waals surface area contributed by atoms with Crippen molar-refractivity contribution in [2.24, 2.45) is 0 Å². The Morgan fingerprint density at radius 3 is 1.64 bits per heavy atom. The Labute approximate surface area is 335 Å². The third-order valence-corrected chi connectivity index (χ3v) is 10.2. The summed E-state index contributed by atoms with van der Waals surface area (Å²) in [6.07, 6.45) is 0. The van der Waals surface area contributed by atoms with Gasteiger partial charge in [-0.2, -0.15) is 0 Å². The molecule has 9 rings (SSSR count). The summed E-state index contributed by atoms with van der Waals surface area (Å²) in [7, 11) is 0. The molecule has 0 bridgehead atoms. The number of carbonyl (C=O) groups excluding carboxylic acids is 2. The molecule has 1 aliphatic rings. The molecule has 0 radical (unpaired) electrons. The first-order valence-corrected chi connectivity index (χ1v) is 19.2. The lowest BCUT2D eigenvalue weighted by Crippen LogP contribution is -2.42. The molecule has 2 amide bonds. The molecule has 10 heteroatoms. The highest BCUT2D eigenvalue weighted by molar-refractivity contribution is 6.26. The van der Waals surface area contributed by atoms with Crippen LogP contribution in [0, 0.1) is 0 Å². The van der Waals surface area contributed by atoms with Gasteiger partial charge in [-0.05, 0) is 103 Å². The summed E-state index contributed by atoms with van der Waals surface area (Å²) in [5, 5.41) is 20.3. The van der Waals surface area contributed by atoms with Crippen LogP contribution in [-0.2, 0) is 0 Å². The Hall–Kier alpha value is -7.72. The van der Waals surface area contributed by atoms with Crippen LogP contribution in [-0.4, -0.2) is 53.1 Å². The highest BCUT2D eigenvalue weighted by Gasteiger charge is 2.33. The van der Waals surface area contributed by atoms with Crippen molar-refractivity contribution in [3.05, 3.63) is 181 Å². The average molecular weight is 762 g/mol. The predicted octanol–water partition coefficient (Wildman–Crippen LogP) is 10.3. The van der Waals surface area contributed by atoms with Gasteiger partial charge in [0.25, 0.3) is 11.8 Å². The quantitative estimate of drug-likeness (QED) is 0.0736. The maximum atomic E-state index is 13.8. The van der Waals surface area contributed by atoms with Crippen molar-refractivity contribution >= 4 is 56.7 Å². The molecule has 2 heterocycles. The fraction of sp³-hybridized carbons (Fsp3) is 0.0833. The number of carbonyl (C=O) groups is 2. The van der Waals surface area contributed by atoms with E-state index in [0.29, 0.717) is 47.9 Å². The minimum absolute atomic E-state index is 0.228. The van der Waals surface area contributed by atoms with E-state index in [1.54, 1.807) is 6.07 Å². The molecule has 0 unspecified atom stereocenters. The summed E-state index contributed by atoms with van der Waals surface area (Å²) in [6, 6.07) is 55.6.